The Balaban J connectivity index is 2.03. The van der Waals surface area contributed by atoms with Crippen molar-refractivity contribution in [2.45, 2.75) is 18.7 Å². The van der Waals surface area contributed by atoms with Crippen molar-refractivity contribution in [1.29, 1.82) is 5.26 Å². The van der Waals surface area contributed by atoms with E-state index >= 15 is 0 Å². The highest BCUT2D eigenvalue weighted by Gasteiger charge is 2.35. The normalized spacial score (nSPS) is 12.9. The van der Waals surface area contributed by atoms with E-state index in [0.29, 0.717) is 17.5 Å². The number of nitriles is 1. The fourth-order valence-electron chi connectivity index (χ4n) is 2.34. The van der Waals surface area contributed by atoms with Gasteiger partial charge in [-0.3, -0.25) is 9.59 Å². The Labute approximate surface area is 183 Å². The van der Waals surface area contributed by atoms with E-state index in [4.69, 9.17) is 10.00 Å². The van der Waals surface area contributed by atoms with E-state index in [1.807, 2.05) is 0 Å². The van der Waals surface area contributed by atoms with E-state index in [-0.39, 0.29) is 16.9 Å². The number of alkyl halides is 4. The zero-order valence-electron chi connectivity index (χ0n) is 16.1. The number of hydrogen-bond donors (Lipinski definition) is 3. The van der Waals surface area contributed by atoms with Gasteiger partial charge >= 0.3 is 6.18 Å². The number of amides is 2. The number of ether oxygens (including phenoxy) is 1. The lowest BCUT2D eigenvalue weighted by atomic mass is 10.1. The summed E-state index contributed by atoms with van der Waals surface area (Å²) in [6.07, 6.45) is -4.78. The van der Waals surface area contributed by atoms with Crippen molar-refractivity contribution in [1.82, 2.24) is 0 Å². The van der Waals surface area contributed by atoms with Crippen LogP contribution in [0.2, 0.25) is 0 Å². The van der Waals surface area contributed by atoms with E-state index in [1.54, 1.807) is 12.1 Å². The van der Waals surface area contributed by atoms with Gasteiger partial charge in [-0.25, -0.2) is 0 Å². The molecule has 7 nitrogen and oxygen atoms in total. The van der Waals surface area contributed by atoms with Crippen LogP contribution >= 0.6 is 15.9 Å². The quantitative estimate of drug-likeness (QED) is 0.503. The van der Waals surface area contributed by atoms with Crippen LogP contribution in [0.4, 0.5) is 24.5 Å². The lowest BCUT2D eigenvalue weighted by Crippen LogP contribution is -2.45. The molecular weight excluding hydrogens is 483 g/mol. The lowest BCUT2D eigenvalue weighted by Gasteiger charge is -2.23. The van der Waals surface area contributed by atoms with Crippen LogP contribution in [0.3, 0.4) is 0 Å². The molecule has 1 atom stereocenters. The first-order valence-electron chi connectivity index (χ1n) is 8.70. The van der Waals surface area contributed by atoms with Crippen LogP contribution in [-0.4, -0.2) is 34.5 Å². The second kappa shape index (κ2) is 9.80. The summed E-state index contributed by atoms with van der Waals surface area (Å²) in [6, 6.07) is 10.2. The minimum absolute atomic E-state index is 0.132. The number of benzene rings is 2. The van der Waals surface area contributed by atoms with Crippen molar-refractivity contribution < 1.29 is 32.6 Å². The maximum atomic E-state index is 13.1. The van der Waals surface area contributed by atoms with E-state index in [1.165, 1.54) is 18.2 Å². The Bertz CT molecular complexity index is 1000. The number of halogens is 4. The highest BCUT2D eigenvalue weighted by molar-refractivity contribution is 9.09. The number of rotatable bonds is 7. The van der Waals surface area contributed by atoms with Crippen molar-refractivity contribution in [3.05, 3.63) is 53.6 Å². The Hall–Kier alpha value is -3.10. The summed E-state index contributed by atoms with van der Waals surface area (Å²) in [5.74, 6) is -0.945. The van der Waals surface area contributed by atoms with Crippen molar-refractivity contribution in [2.24, 2.45) is 0 Å². The van der Waals surface area contributed by atoms with E-state index in [0.717, 1.165) is 19.1 Å². The number of aliphatic hydroxyl groups is 1. The Morgan fingerprint density at radius 1 is 1.13 bits per heavy atom. The minimum Gasteiger partial charge on any atom is -0.490 e. The smallest absolute Gasteiger partial charge is 0.417 e. The first kappa shape index (κ1) is 24.2. The van der Waals surface area contributed by atoms with Gasteiger partial charge in [0.1, 0.15) is 12.4 Å². The fraction of sp³-hybridized carbons (Fsp3) is 0.250. The summed E-state index contributed by atoms with van der Waals surface area (Å²) in [4.78, 5) is 23.7. The maximum Gasteiger partial charge on any atom is 0.417 e. The number of anilines is 2. The second-order valence-electron chi connectivity index (χ2n) is 6.59. The summed E-state index contributed by atoms with van der Waals surface area (Å²) in [5.41, 5.74) is -3.58. The molecule has 0 aliphatic heterocycles. The number of hydrogen-bond acceptors (Lipinski definition) is 5. The van der Waals surface area contributed by atoms with Crippen LogP contribution in [0.1, 0.15) is 18.1 Å². The Kier molecular flexibility index (Phi) is 7.65. The number of nitrogens with one attached hydrogen (secondary N) is 2. The maximum absolute atomic E-state index is 13.1. The van der Waals surface area contributed by atoms with Crippen molar-refractivity contribution in [2.75, 3.05) is 22.6 Å². The Morgan fingerprint density at radius 3 is 2.29 bits per heavy atom. The van der Waals surface area contributed by atoms with E-state index < -0.39 is 35.4 Å². The van der Waals surface area contributed by atoms with Gasteiger partial charge in [0, 0.05) is 11.4 Å². The van der Waals surface area contributed by atoms with E-state index in [2.05, 4.69) is 26.6 Å². The second-order valence-corrected chi connectivity index (χ2v) is 7.15. The molecule has 0 saturated carbocycles. The molecule has 0 spiro atoms. The van der Waals surface area contributed by atoms with Gasteiger partial charge < -0.3 is 20.5 Å². The summed E-state index contributed by atoms with van der Waals surface area (Å²) in [7, 11) is 0. The van der Waals surface area contributed by atoms with Crippen LogP contribution in [0.15, 0.2) is 42.5 Å². The van der Waals surface area contributed by atoms with E-state index in [9.17, 15) is 27.9 Å². The molecule has 3 N–H and O–H groups in total. The molecule has 2 amide bonds. The summed E-state index contributed by atoms with van der Waals surface area (Å²) >= 11 is 3.02. The molecule has 11 heteroatoms. The molecule has 0 unspecified atom stereocenters. The topological polar surface area (TPSA) is 111 Å². The zero-order chi connectivity index (χ0) is 23.2. The van der Waals surface area contributed by atoms with Crippen molar-refractivity contribution in [3.8, 4) is 11.8 Å². The largest absolute Gasteiger partial charge is 0.490 e. The predicted octanol–water partition coefficient (Wildman–Crippen LogP) is 3.68. The van der Waals surface area contributed by atoms with Crippen molar-refractivity contribution in [3.63, 3.8) is 0 Å². The Morgan fingerprint density at radius 2 is 1.74 bits per heavy atom. The van der Waals surface area contributed by atoms with Gasteiger partial charge in [-0.15, -0.1) is 0 Å². The molecule has 31 heavy (non-hydrogen) atoms. The summed E-state index contributed by atoms with van der Waals surface area (Å²) < 4.78 is 44.5. The molecule has 2 aromatic rings. The third-order valence-electron chi connectivity index (χ3n) is 3.97. The molecule has 0 aliphatic carbocycles. The molecule has 0 saturated heterocycles. The highest BCUT2D eigenvalue weighted by Crippen LogP contribution is 2.33. The molecule has 0 heterocycles. The number of carbonyl (C=O) groups excluding carboxylic acids is 2. The first-order chi connectivity index (χ1) is 14.5. The van der Waals surface area contributed by atoms with Gasteiger partial charge in [0.15, 0.2) is 5.60 Å². The minimum atomic E-state index is -4.78. The highest BCUT2D eigenvalue weighted by atomic mass is 79.9. The predicted molar refractivity (Wildman–Crippen MR) is 110 cm³/mol. The molecule has 2 aromatic carbocycles. The molecule has 0 aliphatic rings. The molecule has 0 bridgehead atoms. The van der Waals surface area contributed by atoms with Crippen LogP contribution in [-0.2, 0) is 15.8 Å². The summed E-state index contributed by atoms with van der Waals surface area (Å²) in [6.45, 7) is 0.648. The van der Waals surface area contributed by atoms with Crippen LogP contribution in [0, 0.1) is 11.3 Å². The molecular formula is C20H17BrF3N3O4. The van der Waals surface area contributed by atoms with Crippen LogP contribution in [0.25, 0.3) is 0 Å². The molecule has 2 rings (SSSR count). The molecule has 0 fully saturated rings. The SMILES string of the molecule is C[C@](O)(COc1ccc(NC(=O)CBr)cc1)C(=O)Nc1ccc(C#N)c(C(F)(F)F)c1. The van der Waals surface area contributed by atoms with Crippen LogP contribution in [0.5, 0.6) is 5.75 Å². The van der Waals surface area contributed by atoms with Gasteiger partial charge in [0.05, 0.1) is 22.5 Å². The van der Waals surface area contributed by atoms with Gasteiger partial charge in [0.25, 0.3) is 5.91 Å². The van der Waals surface area contributed by atoms with Crippen LogP contribution < -0.4 is 15.4 Å². The van der Waals surface area contributed by atoms with Gasteiger partial charge in [-0.05, 0) is 49.4 Å². The van der Waals surface area contributed by atoms with Crippen molar-refractivity contribution >= 4 is 39.1 Å². The zero-order valence-corrected chi connectivity index (χ0v) is 17.7. The average Bonchev–Trinajstić information content (AvgIpc) is 2.72. The van der Waals surface area contributed by atoms with Gasteiger partial charge in [-0.1, -0.05) is 15.9 Å². The molecule has 164 valence electrons. The summed E-state index contributed by atoms with van der Waals surface area (Å²) in [5, 5.41) is 24.1. The number of nitrogens with zero attached hydrogens (tertiary/aromatic N) is 1. The standard InChI is InChI=1S/C20H17BrF3N3O4/c1-19(30,11-31-15-6-4-13(5-7-15)26-17(28)9-21)18(29)27-14-3-2-12(10-25)16(8-14)20(22,23)24/h2-8,30H,9,11H2,1H3,(H,26,28)(H,27,29)/t19-/m0/s1. The van der Waals surface area contributed by atoms with Gasteiger partial charge in [0.2, 0.25) is 5.91 Å². The monoisotopic (exact) mass is 499 g/mol. The molecule has 0 aromatic heterocycles. The van der Waals surface area contributed by atoms with Gasteiger partial charge in [-0.2, -0.15) is 18.4 Å². The number of carbonyl (C=O) groups is 2. The first-order valence-corrected chi connectivity index (χ1v) is 9.82. The third kappa shape index (κ3) is 6.70. The third-order valence-corrected chi connectivity index (χ3v) is 4.48. The average molecular weight is 500 g/mol. The molecule has 0 radical (unpaired) electrons. The lowest BCUT2D eigenvalue weighted by molar-refractivity contribution is -0.138. The fourth-order valence-corrected chi connectivity index (χ4v) is 2.48.